The Balaban J connectivity index is 1.95. The first-order valence-electron chi connectivity index (χ1n) is 8.45. The molecule has 0 unspecified atom stereocenters. The highest BCUT2D eigenvalue weighted by Crippen LogP contribution is 2.23. The van der Waals surface area contributed by atoms with E-state index in [1.165, 1.54) is 5.56 Å². The van der Waals surface area contributed by atoms with Gasteiger partial charge < -0.3 is 0 Å². The molecule has 0 amide bonds. The lowest BCUT2D eigenvalue weighted by atomic mass is 10.0. The summed E-state index contributed by atoms with van der Waals surface area (Å²) in [5, 5.41) is 4.89. The molecular formula is C20H18BrN3O. The van der Waals surface area contributed by atoms with Crippen LogP contribution in [0.25, 0.3) is 27.5 Å². The Morgan fingerprint density at radius 2 is 2.04 bits per heavy atom. The number of hydrogen-bond acceptors (Lipinski definition) is 2. The number of halogens is 1. The van der Waals surface area contributed by atoms with Crippen molar-refractivity contribution in [2.75, 3.05) is 0 Å². The van der Waals surface area contributed by atoms with Crippen LogP contribution in [0.15, 0.2) is 57.9 Å². The minimum absolute atomic E-state index is 0.0820. The maximum absolute atomic E-state index is 12.8. The van der Waals surface area contributed by atoms with E-state index in [0.29, 0.717) is 5.39 Å². The van der Waals surface area contributed by atoms with Crippen molar-refractivity contribution in [2.45, 2.75) is 26.2 Å². The third kappa shape index (κ3) is 2.89. The van der Waals surface area contributed by atoms with E-state index in [2.05, 4.69) is 45.1 Å². The highest BCUT2D eigenvalue weighted by Gasteiger charge is 2.12. The first-order valence-corrected chi connectivity index (χ1v) is 9.25. The molecular weight excluding hydrogens is 378 g/mol. The summed E-state index contributed by atoms with van der Waals surface area (Å²) in [6, 6.07) is 14.0. The third-order valence-electron chi connectivity index (χ3n) is 4.47. The molecule has 0 radical (unpaired) electrons. The van der Waals surface area contributed by atoms with Gasteiger partial charge in [-0.25, -0.2) is 4.68 Å². The molecule has 126 valence electrons. The predicted molar refractivity (Wildman–Crippen MR) is 106 cm³/mol. The molecule has 0 spiro atoms. The van der Waals surface area contributed by atoms with Crippen LogP contribution in [-0.4, -0.2) is 14.8 Å². The highest BCUT2D eigenvalue weighted by atomic mass is 79.9. The Morgan fingerprint density at radius 1 is 1.16 bits per heavy atom. The first-order chi connectivity index (χ1) is 12.2. The van der Waals surface area contributed by atoms with E-state index in [0.717, 1.165) is 45.8 Å². The lowest BCUT2D eigenvalue weighted by Crippen LogP contribution is -2.14. The highest BCUT2D eigenvalue weighted by molar-refractivity contribution is 9.10. The minimum Gasteiger partial charge on any atom is -0.290 e. The zero-order valence-corrected chi connectivity index (χ0v) is 15.5. The summed E-state index contributed by atoms with van der Waals surface area (Å²) in [5.74, 6) is 0. The fourth-order valence-electron chi connectivity index (χ4n) is 3.14. The average Bonchev–Trinajstić information content (AvgIpc) is 2.97. The van der Waals surface area contributed by atoms with Crippen molar-refractivity contribution in [3.05, 3.63) is 69.1 Å². The van der Waals surface area contributed by atoms with Gasteiger partial charge in [-0.2, -0.15) is 0 Å². The van der Waals surface area contributed by atoms with E-state index in [1.54, 1.807) is 10.9 Å². The molecule has 0 aliphatic carbocycles. The first kappa shape index (κ1) is 16.1. The van der Waals surface area contributed by atoms with Crippen molar-refractivity contribution < 1.29 is 0 Å². The molecule has 25 heavy (non-hydrogen) atoms. The van der Waals surface area contributed by atoms with Gasteiger partial charge in [0, 0.05) is 16.1 Å². The van der Waals surface area contributed by atoms with Crippen LogP contribution in [0, 0.1) is 0 Å². The molecule has 4 nitrogen and oxygen atoms in total. The lowest BCUT2D eigenvalue weighted by Gasteiger charge is -2.04. The number of rotatable bonds is 4. The van der Waals surface area contributed by atoms with E-state index in [4.69, 9.17) is 0 Å². The smallest absolute Gasteiger partial charge is 0.280 e. The van der Waals surface area contributed by atoms with Gasteiger partial charge in [0.05, 0.1) is 22.1 Å². The van der Waals surface area contributed by atoms with Crippen LogP contribution in [-0.2, 0) is 6.42 Å². The molecule has 0 aliphatic heterocycles. The second-order valence-corrected chi connectivity index (χ2v) is 7.15. The number of unbranched alkanes of at least 4 members (excludes halogenated alkanes) is 1. The number of aromatic nitrogens is 3. The van der Waals surface area contributed by atoms with Crippen LogP contribution in [0.4, 0.5) is 0 Å². The number of benzene rings is 2. The van der Waals surface area contributed by atoms with Crippen molar-refractivity contribution >= 4 is 37.7 Å². The van der Waals surface area contributed by atoms with Gasteiger partial charge in [0.25, 0.3) is 5.56 Å². The predicted octanol–water partition coefficient (Wildman–Crippen LogP) is 4.97. The van der Waals surface area contributed by atoms with Crippen molar-refractivity contribution in [1.29, 1.82) is 0 Å². The standard InChI is InChI=1S/C20H18BrN3O/c1-2-3-5-13-8-9-18-16(10-13)19-17(12-22-18)20(25)24(23-19)15-7-4-6-14(21)11-15/h4,6-12,23H,2-3,5H2,1H3. The molecule has 4 rings (SSSR count). The molecule has 0 saturated heterocycles. The maximum Gasteiger partial charge on any atom is 0.280 e. The third-order valence-corrected chi connectivity index (χ3v) is 4.97. The summed E-state index contributed by atoms with van der Waals surface area (Å²) >= 11 is 3.46. The molecule has 1 N–H and O–H groups in total. The molecule has 2 aromatic heterocycles. The molecule has 0 bridgehead atoms. The number of H-pyrrole nitrogens is 1. The van der Waals surface area contributed by atoms with E-state index in [-0.39, 0.29) is 5.56 Å². The number of nitrogens with zero attached hydrogens (tertiary/aromatic N) is 2. The molecule has 0 saturated carbocycles. The monoisotopic (exact) mass is 395 g/mol. The second kappa shape index (κ2) is 6.48. The number of nitrogens with one attached hydrogen (secondary N) is 1. The lowest BCUT2D eigenvalue weighted by molar-refractivity contribution is 0.796. The molecule has 0 atom stereocenters. The topological polar surface area (TPSA) is 50.7 Å². The number of pyridine rings is 1. The van der Waals surface area contributed by atoms with Crippen molar-refractivity contribution in [3.63, 3.8) is 0 Å². The van der Waals surface area contributed by atoms with Gasteiger partial charge in [-0.05, 0) is 48.7 Å². The largest absolute Gasteiger partial charge is 0.290 e. The second-order valence-electron chi connectivity index (χ2n) is 6.23. The van der Waals surface area contributed by atoms with Crippen LogP contribution >= 0.6 is 15.9 Å². The van der Waals surface area contributed by atoms with Gasteiger partial charge >= 0.3 is 0 Å². The zero-order valence-electron chi connectivity index (χ0n) is 13.9. The quantitative estimate of drug-likeness (QED) is 0.530. The van der Waals surface area contributed by atoms with Crippen LogP contribution in [0.1, 0.15) is 25.3 Å². The summed E-state index contributed by atoms with van der Waals surface area (Å²) in [4.78, 5) is 17.3. The van der Waals surface area contributed by atoms with Gasteiger partial charge in [0.1, 0.15) is 0 Å². The summed E-state index contributed by atoms with van der Waals surface area (Å²) < 4.78 is 2.51. The van der Waals surface area contributed by atoms with Gasteiger partial charge in [0.2, 0.25) is 0 Å². The Morgan fingerprint density at radius 3 is 2.84 bits per heavy atom. The van der Waals surface area contributed by atoms with Crippen LogP contribution < -0.4 is 5.56 Å². The Labute approximate surface area is 153 Å². The van der Waals surface area contributed by atoms with Crippen molar-refractivity contribution in [3.8, 4) is 5.69 Å². The molecule has 4 aromatic rings. The van der Waals surface area contributed by atoms with Gasteiger partial charge in [-0.3, -0.25) is 14.9 Å². The number of fused-ring (bicyclic) bond motifs is 3. The van der Waals surface area contributed by atoms with Crippen LogP contribution in [0.2, 0.25) is 0 Å². The van der Waals surface area contributed by atoms with Gasteiger partial charge in [0.15, 0.2) is 0 Å². The molecule has 2 aromatic carbocycles. The van der Waals surface area contributed by atoms with E-state index in [1.807, 2.05) is 30.3 Å². The molecule has 0 aliphatic rings. The molecule has 5 heteroatoms. The molecule has 2 heterocycles. The Hall–Kier alpha value is -2.40. The molecule has 0 fully saturated rings. The van der Waals surface area contributed by atoms with Crippen LogP contribution in [0.3, 0.4) is 0 Å². The summed E-state index contributed by atoms with van der Waals surface area (Å²) in [7, 11) is 0. The van der Waals surface area contributed by atoms with E-state index < -0.39 is 0 Å². The van der Waals surface area contributed by atoms with Crippen molar-refractivity contribution in [1.82, 2.24) is 14.8 Å². The SMILES string of the molecule is CCCCc1ccc2ncc3c(=O)n(-c4cccc(Br)c4)[nH]c3c2c1. The maximum atomic E-state index is 12.8. The number of hydrogen-bond donors (Lipinski definition) is 1. The van der Waals surface area contributed by atoms with E-state index in [9.17, 15) is 4.79 Å². The Kier molecular flexibility index (Phi) is 4.17. The summed E-state index contributed by atoms with van der Waals surface area (Å²) in [6.07, 6.45) is 5.02. The minimum atomic E-state index is -0.0820. The fraction of sp³-hybridized carbons (Fsp3) is 0.200. The normalized spacial score (nSPS) is 11.4. The summed E-state index contributed by atoms with van der Waals surface area (Å²) in [6.45, 7) is 2.19. The summed E-state index contributed by atoms with van der Waals surface area (Å²) in [5.41, 5.74) is 3.73. The van der Waals surface area contributed by atoms with Crippen molar-refractivity contribution in [2.24, 2.45) is 0 Å². The Bertz CT molecular complexity index is 1130. The van der Waals surface area contributed by atoms with Crippen LogP contribution in [0.5, 0.6) is 0 Å². The average molecular weight is 396 g/mol. The fourth-order valence-corrected chi connectivity index (χ4v) is 3.53. The van der Waals surface area contributed by atoms with Gasteiger partial charge in [-0.1, -0.05) is 41.4 Å². The van der Waals surface area contributed by atoms with E-state index >= 15 is 0 Å². The number of aromatic amines is 1. The van der Waals surface area contributed by atoms with Gasteiger partial charge in [-0.15, -0.1) is 0 Å². The zero-order chi connectivity index (χ0) is 17.4. The number of aryl methyl sites for hydroxylation is 1.